The normalized spacial score (nSPS) is 13.8. The fourth-order valence-electron chi connectivity index (χ4n) is 3.90. The lowest BCUT2D eigenvalue weighted by Gasteiger charge is -2.23. The van der Waals surface area contributed by atoms with E-state index in [4.69, 9.17) is 16.3 Å². The Morgan fingerprint density at radius 3 is 2.48 bits per heavy atom. The molecule has 3 aromatic rings. The Morgan fingerprint density at radius 2 is 1.70 bits per heavy atom. The highest BCUT2D eigenvalue weighted by Crippen LogP contribution is 2.27. The maximum absolute atomic E-state index is 12.9. The largest absolute Gasteiger partial charge is 0.444 e. The van der Waals surface area contributed by atoms with E-state index in [1.807, 2.05) is 48.5 Å². The van der Waals surface area contributed by atoms with Gasteiger partial charge in [-0.15, -0.1) is 0 Å². The molecule has 0 atom stereocenters. The van der Waals surface area contributed by atoms with Crippen LogP contribution in [0.5, 0.6) is 0 Å². The van der Waals surface area contributed by atoms with Crippen LogP contribution in [0.3, 0.4) is 0 Å². The van der Waals surface area contributed by atoms with Crippen LogP contribution in [-0.2, 0) is 11.3 Å². The van der Waals surface area contributed by atoms with E-state index >= 15 is 0 Å². The zero-order valence-electron chi connectivity index (χ0n) is 18.1. The fourth-order valence-corrected chi connectivity index (χ4v) is 4.13. The van der Waals surface area contributed by atoms with Gasteiger partial charge >= 0.3 is 6.09 Å². The van der Waals surface area contributed by atoms with Crippen molar-refractivity contribution in [2.24, 2.45) is 0 Å². The summed E-state index contributed by atoms with van der Waals surface area (Å²) in [7, 11) is 0. The fraction of sp³-hybridized carbons (Fsp3) is 0.231. The third kappa shape index (κ3) is 6.57. The van der Waals surface area contributed by atoms with Gasteiger partial charge in [0.05, 0.1) is 0 Å². The summed E-state index contributed by atoms with van der Waals surface area (Å²) >= 11 is 6.20. The maximum atomic E-state index is 12.9. The highest BCUT2D eigenvalue weighted by molar-refractivity contribution is 6.31. The predicted molar refractivity (Wildman–Crippen MR) is 131 cm³/mol. The van der Waals surface area contributed by atoms with Gasteiger partial charge in [-0.25, -0.2) is 4.79 Å². The maximum Gasteiger partial charge on any atom is 0.411 e. The number of carbonyl (C=O) groups is 2. The van der Waals surface area contributed by atoms with Crippen LogP contribution in [0.1, 0.15) is 40.2 Å². The molecule has 0 saturated carbocycles. The van der Waals surface area contributed by atoms with Crippen molar-refractivity contribution in [2.75, 3.05) is 23.7 Å². The SMILES string of the molecule is O=C(Nc1cc(Cl)cc(C(=O)Nc2cccc(C3CCNCC3)c2)c1)OCc1ccccc1. The van der Waals surface area contributed by atoms with Crippen LogP contribution in [0.2, 0.25) is 5.02 Å². The molecule has 1 fully saturated rings. The minimum Gasteiger partial charge on any atom is -0.444 e. The molecule has 4 rings (SSSR count). The molecule has 0 radical (unpaired) electrons. The highest BCUT2D eigenvalue weighted by Gasteiger charge is 2.16. The average Bonchev–Trinajstić information content (AvgIpc) is 2.84. The first-order valence-corrected chi connectivity index (χ1v) is 11.3. The van der Waals surface area contributed by atoms with Gasteiger partial charge in [0.2, 0.25) is 0 Å². The number of amides is 2. The Bertz CT molecular complexity index is 1110. The molecule has 6 nitrogen and oxygen atoms in total. The Kier molecular flexibility index (Phi) is 7.60. The molecule has 3 N–H and O–H groups in total. The number of ether oxygens (including phenoxy) is 1. The summed E-state index contributed by atoms with van der Waals surface area (Å²) in [5, 5.41) is 9.28. The molecule has 33 heavy (non-hydrogen) atoms. The second-order valence-corrected chi connectivity index (χ2v) is 8.46. The van der Waals surface area contributed by atoms with E-state index in [0.29, 0.717) is 22.2 Å². The Balaban J connectivity index is 1.39. The van der Waals surface area contributed by atoms with Gasteiger partial charge in [-0.05, 0) is 73.3 Å². The predicted octanol–water partition coefficient (Wildman–Crippen LogP) is 5.81. The first kappa shape index (κ1) is 22.8. The van der Waals surface area contributed by atoms with Gasteiger partial charge in [0.1, 0.15) is 6.61 Å². The van der Waals surface area contributed by atoms with E-state index in [2.05, 4.69) is 22.0 Å². The van der Waals surface area contributed by atoms with Crippen molar-refractivity contribution < 1.29 is 14.3 Å². The number of hydrogen-bond donors (Lipinski definition) is 3. The summed E-state index contributed by atoms with van der Waals surface area (Å²) in [6.45, 7) is 2.16. The summed E-state index contributed by atoms with van der Waals surface area (Å²) in [6.07, 6.45) is 1.55. The Labute approximate surface area is 198 Å². The molecular weight excluding hydrogens is 438 g/mol. The molecule has 0 unspecified atom stereocenters. The first-order valence-electron chi connectivity index (χ1n) is 11.0. The minimum absolute atomic E-state index is 0.147. The topological polar surface area (TPSA) is 79.5 Å². The molecule has 170 valence electrons. The number of piperidine rings is 1. The van der Waals surface area contributed by atoms with E-state index in [1.54, 1.807) is 18.2 Å². The van der Waals surface area contributed by atoms with E-state index in [9.17, 15) is 9.59 Å². The Morgan fingerprint density at radius 1 is 0.909 bits per heavy atom. The zero-order valence-corrected chi connectivity index (χ0v) is 18.9. The first-order chi connectivity index (χ1) is 16.1. The van der Waals surface area contributed by atoms with Crippen molar-refractivity contribution in [1.29, 1.82) is 0 Å². The zero-order chi connectivity index (χ0) is 23.0. The summed E-state index contributed by atoms with van der Waals surface area (Å²) < 4.78 is 5.24. The van der Waals surface area contributed by atoms with Crippen LogP contribution in [-0.4, -0.2) is 25.1 Å². The quantitative estimate of drug-likeness (QED) is 0.431. The number of anilines is 2. The summed E-state index contributed by atoms with van der Waals surface area (Å²) in [4.78, 5) is 25.1. The molecule has 3 aromatic carbocycles. The molecule has 2 amide bonds. The number of halogens is 1. The van der Waals surface area contributed by atoms with Crippen molar-refractivity contribution in [2.45, 2.75) is 25.4 Å². The number of carbonyl (C=O) groups excluding carboxylic acids is 2. The van der Waals surface area contributed by atoms with Gasteiger partial charge in [0.15, 0.2) is 0 Å². The van der Waals surface area contributed by atoms with Crippen molar-refractivity contribution in [3.05, 3.63) is 94.5 Å². The van der Waals surface area contributed by atoms with Crippen LogP contribution in [0.4, 0.5) is 16.2 Å². The van der Waals surface area contributed by atoms with E-state index in [0.717, 1.165) is 37.2 Å². The Hall–Kier alpha value is -3.35. The van der Waals surface area contributed by atoms with E-state index in [-0.39, 0.29) is 12.5 Å². The number of hydrogen-bond acceptors (Lipinski definition) is 4. The van der Waals surface area contributed by atoms with Gasteiger partial charge < -0.3 is 15.4 Å². The molecule has 0 aromatic heterocycles. The molecule has 7 heteroatoms. The third-order valence-corrected chi connectivity index (χ3v) is 5.79. The van der Waals surface area contributed by atoms with Gasteiger partial charge in [0, 0.05) is 22.0 Å². The van der Waals surface area contributed by atoms with Gasteiger partial charge in [-0.1, -0.05) is 54.1 Å². The molecule has 1 aliphatic rings. The molecule has 1 aliphatic heterocycles. The van der Waals surface area contributed by atoms with Gasteiger partial charge in [-0.2, -0.15) is 0 Å². The molecule has 0 bridgehead atoms. The number of nitrogens with one attached hydrogen (secondary N) is 3. The highest BCUT2D eigenvalue weighted by atomic mass is 35.5. The molecule has 0 aliphatic carbocycles. The average molecular weight is 464 g/mol. The van der Waals surface area contributed by atoms with E-state index < -0.39 is 6.09 Å². The van der Waals surface area contributed by atoms with Crippen molar-refractivity contribution in [3.8, 4) is 0 Å². The van der Waals surface area contributed by atoms with Crippen LogP contribution in [0, 0.1) is 0 Å². The van der Waals surface area contributed by atoms with Crippen molar-refractivity contribution >= 4 is 35.0 Å². The minimum atomic E-state index is -0.623. The van der Waals surface area contributed by atoms with Crippen molar-refractivity contribution in [1.82, 2.24) is 5.32 Å². The van der Waals surface area contributed by atoms with Gasteiger partial charge in [-0.3, -0.25) is 10.1 Å². The van der Waals surface area contributed by atoms with Gasteiger partial charge in [0.25, 0.3) is 5.91 Å². The second kappa shape index (κ2) is 11.0. The molecule has 1 saturated heterocycles. The molecule has 0 spiro atoms. The van der Waals surface area contributed by atoms with Crippen molar-refractivity contribution in [3.63, 3.8) is 0 Å². The number of rotatable bonds is 6. The number of benzene rings is 3. The summed E-state index contributed by atoms with van der Waals surface area (Å²) in [6, 6.07) is 22.0. The van der Waals surface area contributed by atoms with Crippen LogP contribution >= 0.6 is 11.6 Å². The van der Waals surface area contributed by atoms with Crippen LogP contribution in [0.15, 0.2) is 72.8 Å². The smallest absolute Gasteiger partial charge is 0.411 e. The molecule has 1 heterocycles. The summed E-state index contributed by atoms with van der Waals surface area (Å²) in [5.74, 6) is 0.188. The lowest BCUT2D eigenvalue weighted by molar-refractivity contribution is 0.102. The van der Waals surface area contributed by atoms with Crippen LogP contribution < -0.4 is 16.0 Å². The van der Waals surface area contributed by atoms with Crippen LogP contribution in [0.25, 0.3) is 0 Å². The monoisotopic (exact) mass is 463 g/mol. The molecular formula is C26H26ClN3O3. The lowest BCUT2D eigenvalue weighted by atomic mass is 9.90. The van der Waals surface area contributed by atoms with E-state index in [1.165, 1.54) is 5.56 Å². The standard InChI is InChI=1S/C26H26ClN3O3/c27-22-13-21(15-24(16-22)30-26(32)33-17-18-5-2-1-3-6-18)25(31)29-23-8-4-7-20(14-23)19-9-11-28-12-10-19/h1-8,13-16,19,28H,9-12,17H2,(H,29,31)(H,30,32). The lowest BCUT2D eigenvalue weighted by Crippen LogP contribution is -2.26. The third-order valence-electron chi connectivity index (χ3n) is 5.57. The summed E-state index contributed by atoms with van der Waals surface area (Å²) in [5.41, 5.74) is 3.56. The second-order valence-electron chi connectivity index (χ2n) is 8.02.